The van der Waals surface area contributed by atoms with Gasteiger partial charge in [-0.25, -0.2) is 4.68 Å². The van der Waals surface area contributed by atoms with Gasteiger partial charge in [0.05, 0.1) is 11.8 Å². The molecule has 1 N–H and O–H groups in total. The van der Waals surface area contributed by atoms with E-state index in [-0.39, 0.29) is 0 Å². The molecular weight excluding hydrogens is 262 g/mol. The molecule has 4 heteroatoms. The number of nitrogens with one attached hydrogen (secondary N) is 1. The van der Waals surface area contributed by atoms with E-state index in [1.165, 1.54) is 5.69 Å². The molecule has 21 heavy (non-hydrogen) atoms. The first-order valence-corrected chi connectivity index (χ1v) is 7.70. The normalized spacial score (nSPS) is 22.4. The molecule has 4 nitrogen and oxygen atoms in total. The summed E-state index contributed by atoms with van der Waals surface area (Å²) in [5.74, 6) is 0.580. The van der Waals surface area contributed by atoms with Crippen molar-refractivity contribution in [2.75, 3.05) is 11.9 Å². The fraction of sp³-hybridized carbons (Fsp3) is 0.471. The Hall–Kier alpha value is -1.81. The largest absolute Gasteiger partial charge is 0.382 e. The number of hydrogen-bond donors (Lipinski definition) is 1. The lowest BCUT2D eigenvalue weighted by atomic mass is 9.95. The van der Waals surface area contributed by atoms with E-state index in [2.05, 4.69) is 48.5 Å². The van der Waals surface area contributed by atoms with Gasteiger partial charge in [-0.2, -0.15) is 5.10 Å². The van der Waals surface area contributed by atoms with Gasteiger partial charge in [0.2, 0.25) is 0 Å². The molecule has 1 aliphatic rings. The highest BCUT2D eigenvalue weighted by molar-refractivity contribution is 5.49. The van der Waals surface area contributed by atoms with Gasteiger partial charge in [0.1, 0.15) is 0 Å². The zero-order valence-electron chi connectivity index (χ0n) is 12.7. The third-order valence-corrected chi connectivity index (χ3v) is 4.07. The molecule has 1 aliphatic heterocycles. The summed E-state index contributed by atoms with van der Waals surface area (Å²) >= 11 is 0. The van der Waals surface area contributed by atoms with E-state index < -0.39 is 0 Å². The third-order valence-electron chi connectivity index (χ3n) is 4.07. The van der Waals surface area contributed by atoms with E-state index in [9.17, 15) is 0 Å². The molecule has 0 amide bonds. The number of anilines is 1. The van der Waals surface area contributed by atoms with Gasteiger partial charge in [-0.15, -0.1) is 0 Å². The predicted molar refractivity (Wildman–Crippen MR) is 84.8 cm³/mol. The van der Waals surface area contributed by atoms with Crippen LogP contribution in [0, 0.1) is 5.92 Å². The minimum atomic E-state index is 0.375. The van der Waals surface area contributed by atoms with E-state index in [4.69, 9.17) is 4.74 Å². The van der Waals surface area contributed by atoms with Gasteiger partial charge in [0, 0.05) is 30.7 Å². The van der Waals surface area contributed by atoms with Gasteiger partial charge in [-0.3, -0.25) is 0 Å². The van der Waals surface area contributed by atoms with Gasteiger partial charge in [-0.1, -0.05) is 13.8 Å². The van der Waals surface area contributed by atoms with Crippen molar-refractivity contribution in [3.8, 4) is 5.69 Å². The van der Waals surface area contributed by atoms with Crippen molar-refractivity contribution in [2.45, 2.75) is 38.8 Å². The second-order valence-electron chi connectivity index (χ2n) is 6.02. The topological polar surface area (TPSA) is 39.1 Å². The lowest BCUT2D eigenvalue weighted by molar-refractivity contribution is -0.0160. The van der Waals surface area contributed by atoms with Crippen LogP contribution in [-0.4, -0.2) is 28.5 Å². The standard InChI is InChI=1S/C17H23N3O/c1-13(2)17-12-15(8-11-21-17)19-14-4-6-16(7-5-14)20-10-3-9-18-20/h3-7,9-10,13,15,17,19H,8,11-12H2,1-2H3. The van der Waals surface area contributed by atoms with Crippen molar-refractivity contribution < 1.29 is 4.74 Å². The number of nitrogens with zero attached hydrogens (tertiary/aromatic N) is 2. The lowest BCUT2D eigenvalue weighted by Crippen LogP contribution is -2.36. The van der Waals surface area contributed by atoms with Gasteiger partial charge < -0.3 is 10.1 Å². The fourth-order valence-electron chi connectivity index (χ4n) is 2.79. The smallest absolute Gasteiger partial charge is 0.0647 e. The summed E-state index contributed by atoms with van der Waals surface area (Å²) in [4.78, 5) is 0. The number of benzene rings is 1. The summed E-state index contributed by atoms with van der Waals surface area (Å²) in [6.45, 7) is 5.31. The highest BCUT2D eigenvalue weighted by Gasteiger charge is 2.24. The second-order valence-corrected chi connectivity index (χ2v) is 6.02. The summed E-state index contributed by atoms with van der Waals surface area (Å²) < 4.78 is 7.69. The van der Waals surface area contributed by atoms with Gasteiger partial charge in [0.15, 0.2) is 0 Å². The van der Waals surface area contributed by atoms with Crippen LogP contribution >= 0.6 is 0 Å². The summed E-state index contributed by atoms with van der Waals surface area (Å²) in [6.07, 6.45) is 6.27. The summed E-state index contributed by atoms with van der Waals surface area (Å²) in [5.41, 5.74) is 2.25. The first-order chi connectivity index (χ1) is 10.2. The van der Waals surface area contributed by atoms with Crippen LogP contribution < -0.4 is 5.32 Å². The molecule has 1 aromatic carbocycles. The molecule has 2 atom stereocenters. The number of hydrogen-bond acceptors (Lipinski definition) is 3. The molecule has 0 spiro atoms. The van der Waals surface area contributed by atoms with Crippen LogP contribution in [0.15, 0.2) is 42.7 Å². The van der Waals surface area contributed by atoms with Crippen molar-refractivity contribution >= 4 is 5.69 Å². The van der Waals surface area contributed by atoms with Crippen LogP contribution in [-0.2, 0) is 4.74 Å². The van der Waals surface area contributed by atoms with Crippen LogP contribution in [0.3, 0.4) is 0 Å². The van der Waals surface area contributed by atoms with E-state index in [0.29, 0.717) is 18.1 Å². The van der Waals surface area contributed by atoms with Gasteiger partial charge in [0.25, 0.3) is 0 Å². The molecular formula is C17H23N3O. The predicted octanol–water partition coefficient (Wildman–Crippen LogP) is 3.49. The number of ether oxygens (including phenoxy) is 1. The summed E-state index contributed by atoms with van der Waals surface area (Å²) in [5, 5.41) is 7.87. The van der Waals surface area contributed by atoms with Crippen LogP contribution in [0.4, 0.5) is 5.69 Å². The Bertz CT molecular complexity index is 548. The molecule has 0 aliphatic carbocycles. The number of rotatable bonds is 4. The van der Waals surface area contributed by atoms with Crippen molar-refractivity contribution in [3.63, 3.8) is 0 Å². The zero-order valence-corrected chi connectivity index (χ0v) is 12.7. The molecule has 0 radical (unpaired) electrons. The van der Waals surface area contributed by atoms with E-state index in [1.54, 1.807) is 6.20 Å². The minimum absolute atomic E-state index is 0.375. The molecule has 0 bridgehead atoms. The highest BCUT2D eigenvalue weighted by atomic mass is 16.5. The minimum Gasteiger partial charge on any atom is -0.382 e. The fourth-order valence-corrected chi connectivity index (χ4v) is 2.79. The van der Waals surface area contributed by atoms with Crippen molar-refractivity contribution in [1.82, 2.24) is 9.78 Å². The maximum Gasteiger partial charge on any atom is 0.0647 e. The first kappa shape index (κ1) is 14.1. The lowest BCUT2D eigenvalue weighted by Gasteiger charge is -2.33. The Labute approximate surface area is 126 Å². The number of aromatic nitrogens is 2. The molecule has 0 saturated carbocycles. The maximum absolute atomic E-state index is 5.82. The Morgan fingerprint density at radius 2 is 2.10 bits per heavy atom. The van der Waals surface area contributed by atoms with Crippen LogP contribution in [0.25, 0.3) is 5.69 Å². The molecule has 2 heterocycles. The average Bonchev–Trinajstić information content (AvgIpc) is 3.02. The van der Waals surface area contributed by atoms with E-state index in [0.717, 1.165) is 25.1 Å². The molecule has 1 saturated heterocycles. The van der Waals surface area contributed by atoms with Crippen LogP contribution in [0.2, 0.25) is 0 Å². The SMILES string of the molecule is CC(C)C1CC(Nc2ccc(-n3cccn3)cc2)CCO1. The first-order valence-electron chi connectivity index (χ1n) is 7.70. The van der Waals surface area contributed by atoms with Gasteiger partial charge >= 0.3 is 0 Å². The van der Waals surface area contributed by atoms with Crippen molar-refractivity contribution in [2.24, 2.45) is 5.92 Å². The van der Waals surface area contributed by atoms with Gasteiger partial charge in [-0.05, 0) is 49.1 Å². The Balaban J connectivity index is 1.62. The average molecular weight is 285 g/mol. The second kappa shape index (κ2) is 6.31. The maximum atomic E-state index is 5.82. The van der Waals surface area contributed by atoms with Crippen LogP contribution in [0.1, 0.15) is 26.7 Å². The third kappa shape index (κ3) is 3.45. The summed E-state index contributed by atoms with van der Waals surface area (Å²) in [7, 11) is 0. The Morgan fingerprint density at radius 1 is 1.29 bits per heavy atom. The highest BCUT2D eigenvalue weighted by Crippen LogP contribution is 2.23. The Morgan fingerprint density at radius 3 is 2.76 bits per heavy atom. The molecule has 2 unspecified atom stereocenters. The van der Waals surface area contributed by atoms with E-state index >= 15 is 0 Å². The van der Waals surface area contributed by atoms with Crippen molar-refractivity contribution in [3.05, 3.63) is 42.7 Å². The zero-order chi connectivity index (χ0) is 14.7. The van der Waals surface area contributed by atoms with Crippen molar-refractivity contribution in [1.29, 1.82) is 0 Å². The van der Waals surface area contributed by atoms with Crippen LogP contribution in [0.5, 0.6) is 0 Å². The molecule has 1 fully saturated rings. The molecule has 112 valence electrons. The quantitative estimate of drug-likeness (QED) is 0.934. The monoisotopic (exact) mass is 285 g/mol. The molecule has 1 aromatic heterocycles. The molecule has 3 rings (SSSR count). The summed E-state index contributed by atoms with van der Waals surface area (Å²) in [6, 6.07) is 10.9. The Kier molecular flexibility index (Phi) is 4.25. The molecule has 2 aromatic rings. The van der Waals surface area contributed by atoms with E-state index in [1.807, 2.05) is 16.9 Å².